The van der Waals surface area contributed by atoms with Crippen LogP contribution >= 0.6 is 0 Å². The highest BCUT2D eigenvalue weighted by Gasteiger charge is 2.31. The zero-order valence-corrected chi connectivity index (χ0v) is 18.4. The van der Waals surface area contributed by atoms with Crippen molar-refractivity contribution in [2.45, 2.75) is 6.18 Å². The Morgan fingerprint density at radius 2 is 1.97 bits per heavy atom. The Morgan fingerprint density at radius 3 is 2.68 bits per heavy atom. The third-order valence-corrected chi connectivity index (χ3v) is 4.99. The monoisotopic (exact) mass is 466 g/mol. The largest absolute Gasteiger partial charge is 0.416 e. The molecule has 174 valence electrons. The molecule has 3 aromatic heterocycles. The zero-order valence-electron chi connectivity index (χ0n) is 18.4. The van der Waals surface area contributed by atoms with Gasteiger partial charge >= 0.3 is 6.18 Å². The lowest BCUT2D eigenvalue weighted by atomic mass is 10.0. The van der Waals surface area contributed by atoms with Crippen LogP contribution in [0.2, 0.25) is 0 Å². The maximum Gasteiger partial charge on any atom is 0.416 e. The number of benzene rings is 1. The Hall–Kier alpha value is -4.05. The van der Waals surface area contributed by atoms with E-state index in [-0.39, 0.29) is 11.3 Å². The highest BCUT2D eigenvalue weighted by molar-refractivity contribution is 6.00. The van der Waals surface area contributed by atoms with Crippen LogP contribution in [-0.2, 0) is 11.0 Å². The average molecular weight is 466 g/mol. The summed E-state index contributed by atoms with van der Waals surface area (Å²) in [5, 5.41) is 3.22. The molecule has 4 rings (SSSR count). The summed E-state index contributed by atoms with van der Waals surface area (Å²) in [6.45, 7) is 0.526. The maximum absolute atomic E-state index is 13.6. The Kier molecular flexibility index (Phi) is 6.42. The highest BCUT2D eigenvalue weighted by atomic mass is 19.4. The smallest absolute Gasteiger partial charge is 0.345 e. The highest BCUT2D eigenvalue weighted by Crippen LogP contribution is 2.36. The number of alkyl halides is 3. The van der Waals surface area contributed by atoms with E-state index in [1.54, 1.807) is 30.6 Å². The fourth-order valence-corrected chi connectivity index (χ4v) is 3.41. The molecular weight excluding hydrogens is 445 g/mol. The number of pyridine rings is 1. The number of nitrogens with zero attached hydrogens (tertiary/aromatic N) is 4. The van der Waals surface area contributed by atoms with E-state index in [1.807, 2.05) is 19.0 Å². The number of H-pyrrole nitrogens is 1. The maximum atomic E-state index is 13.6. The van der Waals surface area contributed by atoms with Gasteiger partial charge in [-0.15, -0.1) is 0 Å². The van der Waals surface area contributed by atoms with Crippen molar-refractivity contribution in [3.05, 3.63) is 73.0 Å². The first-order valence-corrected chi connectivity index (χ1v) is 10.3. The number of nitrogens with one attached hydrogen (secondary N) is 2. The second-order valence-corrected chi connectivity index (χ2v) is 7.87. The molecule has 7 nitrogen and oxygen atoms in total. The molecule has 2 N–H and O–H groups in total. The Labute approximate surface area is 193 Å². The predicted molar refractivity (Wildman–Crippen MR) is 124 cm³/mol. The van der Waals surface area contributed by atoms with E-state index in [4.69, 9.17) is 0 Å². The number of anilines is 1. The van der Waals surface area contributed by atoms with Crippen molar-refractivity contribution in [2.24, 2.45) is 0 Å². The number of rotatable bonds is 6. The molecule has 4 aromatic rings. The second kappa shape index (κ2) is 9.44. The van der Waals surface area contributed by atoms with Crippen LogP contribution in [-0.4, -0.2) is 51.4 Å². The molecule has 1 amide bonds. The summed E-state index contributed by atoms with van der Waals surface area (Å²) in [5.41, 5.74) is 1.87. The van der Waals surface area contributed by atoms with Crippen molar-refractivity contribution in [2.75, 3.05) is 26.0 Å². The number of hydrogen-bond acceptors (Lipinski definition) is 5. The normalized spacial score (nSPS) is 12.1. The van der Waals surface area contributed by atoms with E-state index < -0.39 is 17.6 Å². The molecule has 0 bridgehead atoms. The lowest BCUT2D eigenvalue weighted by molar-refractivity contribution is -0.137. The molecule has 3 heterocycles. The number of aromatic nitrogens is 4. The molecule has 0 atom stereocenters. The molecule has 0 aliphatic rings. The van der Waals surface area contributed by atoms with Crippen molar-refractivity contribution in [3.63, 3.8) is 0 Å². The van der Waals surface area contributed by atoms with Crippen LogP contribution in [0.5, 0.6) is 0 Å². The molecule has 0 saturated carbocycles. The molecule has 0 radical (unpaired) electrons. The van der Waals surface area contributed by atoms with Gasteiger partial charge in [0.2, 0.25) is 5.91 Å². The van der Waals surface area contributed by atoms with Crippen molar-refractivity contribution in [1.82, 2.24) is 24.8 Å². The molecular formula is C24H21F3N6O. The number of carbonyl (C=O) groups is 1. The standard InChI is InChI=1S/C24H21F3N6O/c1-33(2)7-3-4-22(34)32-18-9-15(8-17(11-18)24(25,26)27)16-10-19-20(13-30-23(19)29-12-16)21-5-6-28-14-31-21/h3-6,8-14H,7H2,1-2H3,(H,29,30)(H,32,34)/b4-3+. The van der Waals surface area contributed by atoms with E-state index in [2.05, 4.69) is 25.3 Å². The summed E-state index contributed by atoms with van der Waals surface area (Å²) < 4.78 is 40.8. The third kappa shape index (κ3) is 5.29. The van der Waals surface area contributed by atoms with Gasteiger partial charge in [0.15, 0.2) is 0 Å². The van der Waals surface area contributed by atoms with Gasteiger partial charge in [-0.3, -0.25) is 4.79 Å². The number of fused-ring (bicyclic) bond motifs is 1. The summed E-state index contributed by atoms with van der Waals surface area (Å²) >= 11 is 0. The van der Waals surface area contributed by atoms with Crippen molar-refractivity contribution >= 4 is 22.6 Å². The molecule has 1 aromatic carbocycles. The molecule has 0 aliphatic heterocycles. The van der Waals surface area contributed by atoms with Crippen LogP contribution in [0.25, 0.3) is 33.4 Å². The molecule has 0 spiro atoms. The van der Waals surface area contributed by atoms with Crippen LogP contribution in [0.4, 0.5) is 18.9 Å². The molecule has 10 heteroatoms. The van der Waals surface area contributed by atoms with Gasteiger partial charge in [0.05, 0.1) is 11.3 Å². The van der Waals surface area contributed by atoms with Crippen molar-refractivity contribution in [3.8, 4) is 22.4 Å². The van der Waals surface area contributed by atoms with E-state index >= 15 is 0 Å². The molecule has 0 saturated heterocycles. The molecule has 0 aliphatic carbocycles. The fraction of sp³-hybridized carbons (Fsp3) is 0.167. The van der Waals surface area contributed by atoms with Gasteiger partial charge in [0.1, 0.15) is 12.0 Å². The Bertz CT molecular complexity index is 1350. The summed E-state index contributed by atoms with van der Waals surface area (Å²) in [6, 6.07) is 6.92. The van der Waals surface area contributed by atoms with Gasteiger partial charge in [-0.1, -0.05) is 6.08 Å². The van der Waals surface area contributed by atoms with Crippen molar-refractivity contribution < 1.29 is 18.0 Å². The van der Waals surface area contributed by atoms with E-state index in [0.717, 1.165) is 17.7 Å². The first-order valence-electron chi connectivity index (χ1n) is 10.3. The number of amides is 1. The Balaban J connectivity index is 1.74. The van der Waals surface area contributed by atoms with Gasteiger partial charge < -0.3 is 15.2 Å². The summed E-state index contributed by atoms with van der Waals surface area (Å²) in [7, 11) is 3.68. The van der Waals surface area contributed by atoms with Crippen molar-refractivity contribution in [1.29, 1.82) is 0 Å². The topological polar surface area (TPSA) is 86.8 Å². The number of halogens is 3. The number of likely N-dealkylation sites (N-methyl/N-ethyl adjacent to an activating group) is 1. The van der Waals surface area contributed by atoms with Gasteiger partial charge in [0, 0.05) is 53.4 Å². The molecule has 0 fully saturated rings. The SMILES string of the molecule is CN(C)C/C=C/C(=O)Nc1cc(-c2cnc3[nH]cc(-c4ccncn4)c3c2)cc(C(F)(F)F)c1. The number of hydrogen-bond donors (Lipinski definition) is 2. The summed E-state index contributed by atoms with van der Waals surface area (Å²) in [6.07, 6.45) is 4.58. The number of carbonyl (C=O) groups excluding carboxylic acids is 1. The van der Waals surface area contributed by atoms with Crippen LogP contribution in [0.15, 0.2) is 67.4 Å². The minimum Gasteiger partial charge on any atom is -0.345 e. The predicted octanol–water partition coefficient (Wildman–Crippen LogP) is 4.76. The minimum atomic E-state index is -4.59. The van der Waals surface area contributed by atoms with Gasteiger partial charge in [-0.25, -0.2) is 15.0 Å². The van der Waals surface area contributed by atoms with E-state index in [1.165, 1.54) is 24.7 Å². The third-order valence-electron chi connectivity index (χ3n) is 4.99. The fourth-order valence-electron chi connectivity index (χ4n) is 3.41. The summed E-state index contributed by atoms with van der Waals surface area (Å²) in [4.78, 5) is 29.6. The first kappa shape index (κ1) is 23.1. The molecule has 34 heavy (non-hydrogen) atoms. The molecule has 0 unspecified atom stereocenters. The first-order chi connectivity index (χ1) is 16.2. The van der Waals surface area contributed by atoms with Crippen LogP contribution in [0, 0.1) is 0 Å². The quantitative estimate of drug-likeness (QED) is 0.400. The van der Waals surface area contributed by atoms with E-state index in [9.17, 15) is 18.0 Å². The van der Waals surface area contributed by atoms with Crippen LogP contribution in [0.3, 0.4) is 0 Å². The average Bonchev–Trinajstić information content (AvgIpc) is 3.22. The lowest BCUT2D eigenvalue weighted by Crippen LogP contribution is -2.13. The Morgan fingerprint density at radius 1 is 1.15 bits per heavy atom. The van der Waals surface area contributed by atoms with Gasteiger partial charge in [0.25, 0.3) is 0 Å². The van der Waals surface area contributed by atoms with Gasteiger partial charge in [-0.2, -0.15) is 13.2 Å². The van der Waals surface area contributed by atoms with Gasteiger partial charge in [-0.05, 0) is 50.0 Å². The second-order valence-electron chi connectivity index (χ2n) is 7.87. The van der Waals surface area contributed by atoms with Crippen LogP contribution in [0.1, 0.15) is 5.56 Å². The lowest BCUT2D eigenvalue weighted by Gasteiger charge is -2.13. The summed E-state index contributed by atoms with van der Waals surface area (Å²) in [5.74, 6) is -0.516. The zero-order chi connectivity index (χ0) is 24.3. The van der Waals surface area contributed by atoms with Crippen LogP contribution < -0.4 is 5.32 Å². The van der Waals surface area contributed by atoms with E-state index in [0.29, 0.717) is 28.8 Å². The number of aromatic amines is 1. The minimum absolute atomic E-state index is 0.0366.